The first kappa shape index (κ1) is 15.0. The molecule has 1 aromatic carbocycles. The Kier molecular flexibility index (Phi) is 5.59. The fourth-order valence-electron chi connectivity index (χ4n) is 1.26. The normalized spacial score (nSPS) is 10.9. The summed E-state index contributed by atoms with van der Waals surface area (Å²) >= 11 is 3.23. The van der Waals surface area contributed by atoms with Crippen LogP contribution in [-0.2, 0) is 10.0 Å². The number of hydrogen-bond donors (Lipinski definition) is 1. The number of ether oxygens (including phenoxy) is 1. The highest BCUT2D eigenvalue weighted by Crippen LogP contribution is 2.27. The molecule has 0 radical (unpaired) electrons. The van der Waals surface area contributed by atoms with Gasteiger partial charge in [0.25, 0.3) is 0 Å². The molecule has 0 heterocycles. The summed E-state index contributed by atoms with van der Waals surface area (Å²) < 4.78 is 28.2. The molecular weight excluding hydrogens is 320 g/mol. The molecule has 2 N–H and O–H groups in total. The molecule has 0 spiro atoms. The largest absolute Gasteiger partial charge is 0.492 e. The number of primary sulfonamides is 1. The Morgan fingerprint density at radius 2 is 2.11 bits per heavy atom. The van der Waals surface area contributed by atoms with Crippen LogP contribution in [0.2, 0.25) is 0 Å². The van der Waals surface area contributed by atoms with Crippen molar-refractivity contribution in [3.05, 3.63) is 22.7 Å². The molecule has 7 heteroatoms. The lowest BCUT2D eigenvalue weighted by Crippen LogP contribution is -2.12. The summed E-state index contributed by atoms with van der Waals surface area (Å²) in [6.07, 6.45) is 2.06. The first-order valence-electron chi connectivity index (χ1n) is 5.27. The number of unbranched alkanes of at least 4 members (excludes halogenated alkanes) is 2. The maximum Gasteiger partial charge on any atom is 0.238 e. The van der Waals surface area contributed by atoms with Crippen LogP contribution >= 0.6 is 15.9 Å². The number of hydrogen-bond acceptors (Lipinski definition) is 4. The molecule has 0 unspecified atom stereocenters. The van der Waals surface area contributed by atoms with Crippen LogP contribution < -0.4 is 9.88 Å². The Bertz CT molecular complexity index is 552. The maximum atomic E-state index is 11.1. The highest BCUT2D eigenvalue weighted by atomic mass is 79.9. The third-order valence-electron chi connectivity index (χ3n) is 2.17. The van der Waals surface area contributed by atoms with Crippen molar-refractivity contribution in [2.45, 2.75) is 24.2 Å². The summed E-state index contributed by atoms with van der Waals surface area (Å²) in [5, 5.41) is 13.4. The minimum absolute atomic E-state index is 0.0335. The van der Waals surface area contributed by atoms with E-state index in [2.05, 4.69) is 22.0 Å². The van der Waals surface area contributed by atoms with Crippen molar-refractivity contribution < 1.29 is 13.2 Å². The molecule has 0 amide bonds. The number of benzene rings is 1. The first-order valence-corrected chi connectivity index (χ1v) is 7.61. The Hall–Kier alpha value is -1.10. The molecule has 0 atom stereocenters. The van der Waals surface area contributed by atoms with Crippen molar-refractivity contribution >= 4 is 26.0 Å². The summed E-state index contributed by atoms with van der Waals surface area (Å²) in [4.78, 5) is 0.0335. The van der Waals surface area contributed by atoms with E-state index in [0.29, 0.717) is 23.2 Å². The van der Waals surface area contributed by atoms with Gasteiger partial charge in [0.15, 0.2) is 0 Å². The van der Waals surface area contributed by atoms with Crippen LogP contribution in [0.3, 0.4) is 0 Å². The van der Waals surface area contributed by atoms with Gasteiger partial charge in [0.05, 0.1) is 22.0 Å². The molecule has 0 saturated carbocycles. The average Bonchev–Trinajstić information content (AvgIpc) is 2.29. The van der Waals surface area contributed by atoms with E-state index in [1.54, 1.807) is 6.07 Å². The van der Waals surface area contributed by atoms with E-state index in [-0.39, 0.29) is 4.90 Å². The van der Waals surface area contributed by atoms with Gasteiger partial charge in [-0.2, -0.15) is 5.26 Å². The number of sulfonamides is 1. The smallest absolute Gasteiger partial charge is 0.238 e. The number of rotatable bonds is 6. The molecule has 0 saturated heterocycles. The zero-order valence-corrected chi connectivity index (χ0v) is 12.0. The molecule has 0 aromatic heterocycles. The van der Waals surface area contributed by atoms with E-state index in [1.165, 1.54) is 12.1 Å². The van der Waals surface area contributed by atoms with E-state index < -0.39 is 10.0 Å². The van der Waals surface area contributed by atoms with Crippen molar-refractivity contribution in [3.8, 4) is 11.8 Å². The molecule has 0 aliphatic carbocycles. The Morgan fingerprint density at radius 1 is 1.39 bits per heavy atom. The van der Waals surface area contributed by atoms with Crippen LogP contribution in [0.5, 0.6) is 5.75 Å². The van der Waals surface area contributed by atoms with Crippen LogP contribution in [0.25, 0.3) is 0 Å². The van der Waals surface area contributed by atoms with Gasteiger partial charge in [0.2, 0.25) is 10.0 Å². The summed E-state index contributed by atoms with van der Waals surface area (Å²) in [6.45, 7) is 0.481. The lowest BCUT2D eigenvalue weighted by atomic mass is 10.2. The molecule has 1 aromatic rings. The molecule has 5 nitrogen and oxygen atoms in total. The van der Waals surface area contributed by atoms with Crippen molar-refractivity contribution in [2.24, 2.45) is 5.14 Å². The van der Waals surface area contributed by atoms with Gasteiger partial charge in [-0.3, -0.25) is 0 Å². The molecule has 0 aliphatic rings. The van der Waals surface area contributed by atoms with E-state index in [0.717, 1.165) is 12.8 Å². The molecule has 98 valence electrons. The van der Waals surface area contributed by atoms with Gasteiger partial charge >= 0.3 is 0 Å². The predicted octanol–water partition coefficient (Wildman–Crippen LogP) is 2.17. The average molecular weight is 333 g/mol. The lowest BCUT2D eigenvalue weighted by molar-refractivity contribution is 0.305. The van der Waals surface area contributed by atoms with Crippen molar-refractivity contribution in [1.29, 1.82) is 5.26 Å². The Balaban J connectivity index is 2.61. The molecular formula is C11H13BrN2O3S. The maximum absolute atomic E-state index is 11.1. The van der Waals surface area contributed by atoms with Crippen LogP contribution in [-0.4, -0.2) is 15.0 Å². The Morgan fingerprint density at radius 3 is 2.67 bits per heavy atom. The third-order valence-corrected chi connectivity index (χ3v) is 3.70. The monoisotopic (exact) mass is 332 g/mol. The van der Waals surface area contributed by atoms with Crippen molar-refractivity contribution in [1.82, 2.24) is 0 Å². The van der Waals surface area contributed by atoms with Gasteiger partial charge in [0, 0.05) is 6.42 Å². The standard InChI is InChI=1S/C11H13BrN2O3S/c12-10-8-9(18(14,15)16)4-5-11(10)17-7-3-1-2-6-13/h4-5,8H,1-3,7H2,(H2,14,15,16). The zero-order valence-electron chi connectivity index (χ0n) is 9.60. The Labute approximate surface area is 115 Å². The quantitative estimate of drug-likeness (QED) is 0.808. The van der Waals surface area contributed by atoms with Gasteiger partial charge in [-0.1, -0.05) is 0 Å². The van der Waals surface area contributed by atoms with Crippen molar-refractivity contribution in [3.63, 3.8) is 0 Å². The third kappa shape index (κ3) is 4.64. The van der Waals surface area contributed by atoms with E-state index in [1.807, 2.05) is 0 Å². The van der Waals surface area contributed by atoms with Gasteiger partial charge in [-0.25, -0.2) is 13.6 Å². The molecule has 0 aliphatic heterocycles. The molecule has 0 fully saturated rings. The molecule has 1 rings (SSSR count). The number of nitrogens with zero attached hydrogens (tertiary/aromatic N) is 1. The summed E-state index contributed by atoms with van der Waals surface area (Å²) in [5.74, 6) is 0.555. The number of nitrogens with two attached hydrogens (primary N) is 1. The van der Waals surface area contributed by atoms with E-state index >= 15 is 0 Å². The minimum Gasteiger partial charge on any atom is -0.492 e. The lowest BCUT2D eigenvalue weighted by Gasteiger charge is -2.08. The topological polar surface area (TPSA) is 93.2 Å². The minimum atomic E-state index is -3.70. The molecule has 0 bridgehead atoms. The second kappa shape index (κ2) is 6.73. The summed E-state index contributed by atoms with van der Waals surface area (Å²) in [5.41, 5.74) is 0. The fourth-order valence-corrected chi connectivity index (χ4v) is 2.45. The van der Waals surface area contributed by atoms with Crippen LogP contribution in [0.15, 0.2) is 27.6 Å². The van der Waals surface area contributed by atoms with E-state index in [4.69, 9.17) is 15.1 Å². The van der Waals surface area contributed by atoms with E-state index in [9.17, 15) is 8.42 Å². The van der Waals surface area contributed by atoms with Gasteiger partial charge in [-0.15, -0.1) is 0 Å². The predicted molar refractivity (Wildman–Crippen MR) is 70.5 cm³/mol. The van der Waals surface area contributed by atoms with Crippen LogP contribution in [0.4, 0.5) is 0 Å². The SMILES string of the molecule is N#CCCCCOc1ccc(S(N)(=O)=O)cc1Br. The van der Waals surface area contributed by atoms with Gasteiger partial charge < -0.3 is 4.74 Å². The van der Waals surface area contributed by atoms with Crippen molar-refractivity contribution in [2.75, 3.05) is 6.61 Å². The second-order valence-corrected chi connectivity index (χ2v) is 6.02. The van der Waals surface area contributed by atoms with Gasteiger partial charge in [0.1, 0.15) is 5.75 Å². The highest BCUT2D eigenvalue weighted by Gasteiger charge is 2.10. The summed E-state index contributed by atoms with van der Waals surface area (Å²) in [6, 6.07) is 6.40. The first-order chi connectivity index (χ1) is 8.45. The highest BCUT2D eigenvalue weighted by molar-refractivity contribution is 9.10. The summed E-state index contributed by atoms with van der Waals surface area (Å²) in [7, 11) is -3.70. The van der Waals surface area contributed by atoms with Gasteiger partial charge in [-0.05, 0) is 47.0 Å². The fraction of sp³-hybridized carbons (Fsp3) is 0.364. The zero-order chi connectivity index (χ0) is 13.6. The second-order valence-electron chi connectivity index (χ2n) is 3.60. The van der Waals surface area contributed by atoms with Crippen LogP contribution in [0.1, 0.15) is 19.3 Å². The molecule has 18 heavy (non-hydrogen) atoms. The van der Waals surface area contributed by atoms with Crippen LogP contribution in [0, 0.1) is 11.3 Å². The number of halogens is 1. The number of nitriles is 1.